The first-order chi connectivity index (χ1) is 16.5. The standard InChI is InChI=1S/C24H19F6N3O2/c1-2-23(16-3-5-17(25)6-4-16)20-19(8-7-18(26)21(20)27)32(13-15-9-11-31(35)12-10-15)22(34)33(23)14-24(28,29)30/h3-12H,2,13-14H2,1H3. The minimum absolute atomic E-state index is 0.00323. The van der Waals surface area contributed by atoms with E-state index in [2.05, 4.69) is 0 Å². The number of pyridine rings is 1. The Bertz CT molecular complexity index is 1250. The van der Waals surface area contributed by atoms with Gasteiger partial charge in [0, 0.05) is 17.7 Å². The van der Waals surface area contributed by atoms with Crippen LogP contribution >= 0.6 is 0 Å². The van der Waals surface area contributed by atoms with Crippen LogP contribution in [0.4, 0.5) is 36.8 Å². The van der Waals surface area contributed by atoms with Crippen LogP contribution in [0.1, 0.15) is 30.0 Å². The lowest BCUT2D eigenvalue weighted by Crippen LogP contribution is -2.61. The summed E-state index contributed by atoms with van der Waals surface area (Å²) < 4.78 is 85.4. The molecule has 5 nitrogen and oxygen atoms in total. The van der Waals surface area contributed by atoms with Crippen molar-refractivity contribution < 1.29 is 35.9 Å². The van der Waals surface area contributed by atoms with E-state index >= 15 is 4.39 Å². The highest BCUT2D eigenvalue weighted by atomic mass is 19.4. The SMILES string of the molecule is CCC1(c2ccc(F)cc2)c2c(ccc(F)c2F)N(Cc2cc[n+]([O-])cc2)C(=O)N1CC(F)(F)F. The highest BCUT2D eigenvalue weighted by Gasteiger charge is 2.54. The van der Waals surface area contributed by atoms with Crippen molar-refractivity contribution in [2.24, 2.45) is 0 Å². The van der Waals surface area contributed by atoms with Gasteiger partial charge in [-0.1, -0.05) is 19.1 Å². The molecule has 0 aliphatic carbocycles. The summed E-state index contributed by atoms with van der Waals surface area (Å²) >= 11 is 0. The monoisotopic (exact) mass is 495 g/mol. The summed E-state index contributed by atoms with van der Waals surface area (Å²) in [5, 5.41) is 11.4. The number of benzene rings is 2. The van der Waals surface area contributed by atoms with Gasteiger partial charge in [0.1, 0.15) is 17.9 Å². The van der Waals surface area contributed by atoms with Gasteiger partial charge in [-0.25, -0.2) is 18.0 Å². The van der Waals surface area contributed by atoms with Crippen molar-refractivity contribution in [2.75, 3.05) is 11.4 Å². The molecule has 4 rings (SSSR count). The normalized spacial score (nSPS) is 18.1. The molecule has 2 aromatic carbocycles. The molecule has 1 aliphatic heterocycles. The summed E-state index contributed by atoms with van der Waals surface area (Å²) in [7, 11) is 0. The molecule has 1 aliphatic rings. The molecule has 0 radical (unpaired) electrons. The molecule has 0 N–H and O–H groups in total. The lowest BCUT2D eigenvalue weighted by molar-refractivity contribution is -0.605. The molecule has 1 atom stereocenters. The average Bonchev–Trinajstić information content (AvgIpc) is 2.80. The van der Waals surface area contributed by atoms with Crippen molar-refractivity contribution in [1.29, 1.82) is 0 Å². The number of anilines is 1. The number of hydrogen-bond donors (Lipinski definition) is 0. The third-order valence-electron chi connectivity index (χ3n) is 6.08. The zero-order valence-corrected chi connectivity index (χ0v) is 18.3. The van der Waals surface area contributed by atoms with E-state index in [4.69, 9.17) is 0 Å². The van der Waals surface area contributed by atoms with Crippen molar-refractivity contribution in [1.82, 2.24) is 4.90 Å². The molecule has 3 aromatic rings. The molecular weight excluding hydrogens is 476 g/mol. The summed E-state index contributed by atoms with van der Waals surface area (Å²) in [6.07, 6.45) is -2.87. The van der Waals surface area contributed by atoms with E-state index in [0.29, 0.717) is 15.2 Å². The van der Waals surface area contributed by atoms with Crippen LogP contribution in [0.25, 0.3) is 0 Å². The molecule has 0 saturated carbocycles. The third kappa shape index (κ3) is 4.26. The Hall–Kier alpha value is -3.76. The van der Waals surface area contributed by atoms with Crippen LogP contribution in [0, 0.1) is 22.7 Å². The third-order valence-corrected chi connectivity index (χ3v) is 6.08. The second kappa shape index (κ2) is 8.79. The van der Waals surface area contributed by atoms with Gasteiger partial charge in [0.05, 0.1) is 12.2 Å². The van der Waals surface area contributed by atoms with E-state index in [1.54, 1.807) is 0 Å². The fraction of sp³-hybridized carbons (Fsp3) is 0.250. The quantitative estimate of drug-likeness (QED) is 0.271. The Morgan fingerprint density at radius 2 is 1.60 bits per heavy atom. The fourth-order valence-corrected chi connectivity index (χ4v) is 4.57. The first-order valence-corrected chi connectivity index (χ1v) is 10.6. The van der Waals surface area contributed by atoms with Crippen molar-refractivity contribution in [2.45, 2.75) is 31.6 Å². The van der Waals surface area contributed by atoms with Gasteiger partial charge in [-0.15, -0.1) is 0 Å². The van der Waals surface area contributed by atoms with Crippen LogP contribution in [-0.4, -0.2) is 23.7 Å². The lowest BCUT2D eigenvalue weighted by Gasteiger charge is -2.51. The van der Waals surface area contributed by atoms with E-state index < -0.39 is 47.3 Å². The Labute approximate surface area is 196 Å². The molecule has 1 unspecified atom stereocenters. The maximum atomic E-state index is 15.5. The maximum absolute atomic E-state index is 15.5. The molecule has 2 amide bonds. The molecule has 184 valence electrons. The van der Waals surface area contributed by atoms with Crippen LogP contribution < -0.4 is 9.63 Å². The smallest absolute Gasteiger partial charge is 0.406 e. The Balaban J connectivity index is 2.01. The van der Waals surface area contributed by atoms with Crippen molar-refractivity contribution in [3.8, 4) is 0 Å². The average molecular weight is 495 g/mol. The molecule has 35 heavy (non-hydrogen) atoms. The summed E-state index contributed by atoms with van der Waals surface area (Å²) in [5.74, 6) is -3.41. The molecule has 1 aromatic heterocycles. The zero-order chi connectivity index (χ0) is 25.5. The molecule has 0 fully saturated rings. The number of urea groups is 1. The highest BCUT2D eigenvalue weighted by molar-refractivity contribution is 5.97. The van der Waals surface area contributed by atoms with E-state index in [9.17, 15) is 32.0 Å². The van der Waals surface area contributed by atoms with Crippen LogP contribution in [0.3, 0.4) is 0 Å². The predicted molar refractivity (Wildman–Crippen MR) is 114 cm³/mol. The van der Waals surface area contributed by atoms with Crippen LogP contribution in [0.5, 0.6) is 0 Å². The number of nitrogens with zero attached hydrogens (tertiary/aromatic N) is 3. The molecule has 0 spiro atoms. The minimum Gasteiger partial charge on any atom is -0.619 e. The number of amides is 2. The Kier molecular flexibility index (Phi) is 6.12. The van der Waals surface area contributed by atoms with E-state index in [-0.39, 0.29) is 24.2 Å². The molecule has 0 saturated heterocycles. The number of rotatable bonds is 5. The summed E-state index contributed by atoms with van der Waals surface area (Å²) in [6, 6.07) is 7.79. The van der Waals surface area contributed by atoms with Gasteiger partial charge in [-0.3, -0.25) is 4.90 Å². The zero-order valence-electron chi connectivity index (χ0n) is 18.3. The number of fused-ring (bicyclic) bond motifs is 1. The number of carbonyl (C=O) groups excluding carboxylic acids is 1. The number of aromatic nitrogens is 1. The van der Waals surface area contributed by atoms with Gasteiger partial charge >= 0.3 is 12.2 Å². The molecule has 0 bridgehead atoms. The van der Waals surface area contributed by atoms with Gasteiger partial charge in [-0.05, 0) is 41.8 Å². The van der Waals surface area contributed by atoms with Crippen molar-refractivity contribution in [3.63, 3.8) is 0 Å². The molecule has 11 heteroatoms. The second-order valence-corrected chi connectivity index (χ2v) is 8.11. The second-order valence-electron chi connectivity index (χ2n) is 8.11. The topological polar surface area (TPSA) is 50.5 Å². The molecule has 2 heterocycles. The van der Waals surface area contributed by atoms with Gasteiger partial charge in [0.25, 0.3) is 0 Å². The van der Waals surface area contributed by atoms with Crippen molar-refractivity contribution >= 4 is 11.7 Å². The Morgan fingerprint density at radius 1 is 0.971 bits per heavy atom. The number of alkyl halides is 3. The van der Waals surface area contributed by atoms with Crippen molar-refractivity contribution in [3.05, 3.63) is 100 Å². The van der Waals surface area contributed by atoms with Gasteiger partial charge in [0.2, 0.25) is 0 Å². The Morgan fingerprint density at radius 3 is 2.17 bits per heavy atom. The van der Waals surface area contributed by atoms with Crippen LogP contribution in [0.2, 0.25) is 0 Å². The van der Waals surface area contributed by atoms with E-state index in [0.717, 1.165) is 53.7 Å². The number of carbonyl (C=O) groups is 1. The first kappa shape index (κ1) is 24.4. The van der Waals surface area contributed by atoms with Gasteiger partial charge in [-0.2, -0.15) is 17.9 Å². The van der Waals surface area contributed by atoms with Gasteiger partial charge < -0.3 is 10.1 Å². The summed E-state index contributed by atoms with van der Waals surface area (Å²) in [6.45, 7) is -0.637. The fourth-order valence-electron chi connectivity index (χ4n) is 4.57. The van der Waals surface area contributed by atoms with Crippen LogP contribution in [-0.2, 0) is 12.1 Å². The summed E-state index contributed by atoms with van der Waals surface area (Å²) in [4.78, 5) is 15.0. The first-order valence-electron chi connectivity index (χ1n) is 10.6. The number of hydrogen-bond acceptors (Lipinski definition) is 2. The lowest BCUT2D eigenvalue weighted by atomic mass is 9.76. The predicted octanol–water partition coefficient (Wildman–Crippen LogP) is 5.40. The number of halogens is 6. The molecular formula is C24H19F6N3O2. The van der Waals surface area contributed by atoms with E-state index in [1.807, 2.05) is 0 Å². The van der Waals surface area contributed by atoms with Crippen LogP contribution in [0.15, 0.2) is 60.9 Å². The minimum atomic E-state index is -4.88. The van der Waals surface area contributed by atoms with Gasteiger partial charge in [0.15, 0.2) is 24.0 Å². The largest absolute Gasteiger partial charge is 0.619 e. The highest BCUT2D eigenvalue weighted by Crippen LogP contribution is 2.50. The van der Waals surface area contributed by atoms with E-state index in [1.165, 1.54) is 19.1 Å². The maximum Gasteiger partial charge on any atom is 0.406 e. The summed E-state index contributed by atoms with van der Waals surface area (Å²) in [5.41, 5.74) is -2.30.